The van der Waals surface area contributed by atoms with Gasteiger partial charge in [0, 0.05) is 17.8 Å². The first kappa shape index (κ1) is 8.75. The Morgan fingerprint density at radius 2 is 2.20 bits per heavy atom. The van der Waals surface area contributed by atoms with Crippen molar-refractivity contribution in [3.05, 3.63) is 40.3 Å². The summed E-state index contributed by atoms with van der Waals surface area (Å²) >= 11 is 2.76. The molecule has 4 nitrogen and oxygen atoms in total. The molecule has 0 aliphatic heterocycles. The molecule has 0 saturated heterocycles. The Morgan fingerprint density at radius 1 is 1.27 bits per heavy atom. The van der Waals surface area contributed by atoms with Crippen LogP contribution in [0, 0.1) is 0 Å². The molecule has 0 amide bonds. The smallest absolute Gasteiger partial charge is 0.267 e. The molecule has 0 N–H and O–H groups in total. The molecule has 74 valence electrons. The van der Waals surface area contributed by atoms with E-state index >= 15 is 0 Å². The highest BCUT2D eigenvalue weighted by molar-refractivity contribution is 7.17. The van der Waals surface area contributed by atoms with Crippen molar-refractivity contribution in [1.82, 2.24) is 13.9 Å². The molecule has 0 fully saturated rings. The summed E-state index contributed by atoms with van der Waals surface area (Å²) < 4.78 is 1.57. The lowest BCUT2D eigenvalue weighted by molar-refractivity contribution is 1.11. The third-order valence-corrected chi connectivity index (χ3v) is 3.85. The predicted molar refractivity (Wildman–Crippen MR) is 60.9 cm³/mol. The van der Waals surface area contributed by atoms with E-state index in [-0.39, 0.29) is 5.56 Å². The molecule has 6 heteroatoms. The third-order valence-electron chi connectivity index (χ3n) is 1.96. The molecular formula is C9H5N3OS2. The summed E-state index contributed by atoms with van der Waals surface area (Å²) in [5, 5.41) is 3.19. The number of thiazole rings is 1. The first-order valence-corrected chi connectivity index (χ1v) is 5.88. The van der Waals surface area contributed by atoms with E-state index in [4.69, 9.17) is 0 Å². The van der Waals surface area contributed by atoms with Gasteiger partial charge in [-0.15, -0.1) is 11.3 Å². The zero-order valence-electron chi connectivity index (χ0n) is 7.45. The van der Waals surface area contributed by atoms with Crippen LogP contribution in [-0.4, -0.2) is 13.9 Å². The van der Waals surface area contributed by atoms with E-state index in [9.17, 15) is 4.79 Å². The van der Waals surface area contributed by atoms with Crippen molar-refractivity contribution in [2.45, 2.75) is 0 Å². The molecule has 3 rings (SSSR count). The molecule has 0 bridgehead atoms. The van der Waals surface area contributed by atoms with Crippen LogP contribution in [0.4, 0.5) is 0 Å². The lowest BCUT2D eigenvalue weighted by Gasteiger charge is -1.89. The van der Waals surface area contributed by atoms with Crippen LogP contribution in [0.5, 0.6) is 0 Å². The van der Waals surface area contributed by atoms with Gasteiger partial charge in [-0.25, -0.2) is 13.9 Å². The SMILES string of the molecule is O=c1c2cccnc2sn1-c1nccs1. The highest BCUT2D eigenvalue weighted by Crippen LogP contribution is 2.18. The molecular weight excluding hydrogens is 230 g/mol. The number of pyridine rings is 1. The van der Waals surface area contributed by atoms with E-state index in [2.05, 4.69) is 9.97 Å². The van der Waals surface area contributed by atoms with Gasteiger partial charge in [0.1, 0.15) is 4.83 Å². The lowest BCUT2D eigenvalue weighted by Crippen LogP contribution is -2.09. The highest BCUT2D eigenvalue weighted by Gasteiger charge is 2.10. The minimum atomic E-state index is -0.0435. The summed E-state index contributed by atoms with van der Waals surface area (Å²) in [6, 6.07) is 3.55. The van der Waals surface area contributed by atoms with Gasteiger partial charge < -0.3 is 0 Å². The Bertz CT molecular complexity index is 653. The lowest BCUT2D eigenvalue weighted by atomic mass is 10.4. The largest absolute Gasteiger partial charge is 0.276 e. The number of hydrogen-bond acceptors (Lipinski definition) is 5. The van der Waals surface area contributed by atoms with Gasteiger partial charge in [-0.2, -0.15) is 0 Å². The molecule has 0 radical (unpaired) electrons. The fourth-order valence-corrected chi connectivity index (χ4v) is 2.93. The molecule has 15 heavy (non-hydrogen) atoms. The number of hydrogen-bond donors (Lipinski definition) is 0. The monoisotopic (exact) mass is 235 g/mol. The van der Waals surface area contributed by atoms with Gasteiger partial charge in [0.05, 0.1) is 5.39 Å². The molecule has 0 aromatic carbocycles. The summed E-state index contributed by atoms with van der Waals surface area (Å²) in [7, 11) is 0. The van der Waals surface area contributed by atoms with Crippen molar-refractivity contribution in [2.75, 3.05) is 0 Å². The minimum Gasteiger partial charge on any atom is -0.267 e. The average molecular weight is 235 g/mol. The van der Waals surface area contributed by atoms with Gasteiger partial charge in [-0.05, 0) is 23.7 Å². The topological polar surface area (TPSA) is 47.8 Å². The fraction of sp³-hybridized carbons (Fsp3) is 0. The van der Waals surface area contributed by atoms with E-state index in [1.165, 1.54) is 22.9 Å². The van der Waals surface area contributed by atoms with Gasteiger partial charge in [0.25, 0.3) is 5.56 Å². The Balaban J connectivity index is 2.38. The summed E-state index contributed by atoms with van der Waals surface area (Å²) in [6.07, 6.45) is 3.37. The quantitative estimate of drug-likeness (QED) is 0.647. The van der Waals surface area contributed by atoms with Gasteiger partial charge >= 0.3 is 0 Å². The molecule has 0 aliphatic carbocycles. The van der Waals surface area contributed by atoms with Crippen molar-refractivity contribution in [1.29, 1.82) is 0 Å². The zero-order valence-corrected chi connectivity index (χ0v) is 9.09. The van der Waals surface area contributed by atoms with E-state index in [0.717, 1.165) is 4.83 Å². The van der Waals surface area contributed by atoms with Crippen LogP contribution < -0.4 is 5.56 Å². The molecule has 3 aromatic heterocycles. The maximum atomic E-state index is 11.9. The zero-order chi connectivity index (χ0) is 10.3. The minimum absolute atomic E-state index is 0.0435. The van der Waals surface area contributed by atoms with Crippen molar-refractivity contribution < 1.29 is 0 Å². The van der Waals surface area contributed by atoms with Crippen molar-refractivity contribution >= 4 is 33.1 Å². The highest BCUT2D eigenvalue weighted by atomic mass is 32.1. The van der Waals surface area contributed by atoms with Crippen LogP contribution in [0.3, 0.4) is 0 Å². The third kappa shape index (κ3) is 1.30. The summed E-state index contributed by atoms with van der Waals surface area (Å²) in [5.41, 5.74) is -0.0435. The standard InChI is InChI=1S/C9H5N3OS2/c13-8-6-2-1-3-10-7(6)15-12(8)9-11-4-5-14-9/h1-5H. The van der Waals surface area contributed by atoms with Crippen LogP contribution in [-0.2, 0) is 0 Å². The second-order valence-corrected chi connectivity index (χ2v) is 4.67. The maximum absolute atomic E-state index is 11.9. The summed E-state index contributed by atoms with van der Waals surface area (Å²) in [5.74, 6) is 0. The van der Waals surface area contributed by atoms with Crippen molar-refractivity contribution in [3.8, 4) is 5.13 Å². The van der Waals surface area contributed by atoms with E-state index < -0.39 is 0 Å². The first-order chi connectivity index (χ1) is 7.36. The average Bonchev–Trinajstić information content (AvgIpc) is 2.87. The number of aromatic nitrogens is 3. The van der Waals surface area contributed by atoms with E-state index in [0.29, 0.717) is 10.5 Å². The Hall–Kier alpha value is -1.53. The molecule has 0 atom stereocenters. The Labute approximate surface area is 92.6 Å². The normalized spacial score (nSPS) is 10.9. The van der Waals surface area contributed by atoms with Crippen LogP contribution in [0.2, 0.25) is 0 Å². The van der Waals surface area contributed by atoms with Gasteiger partial charge in [0.15, 0.2) is 0 Å². The van der Waals surface area contributed by atoms with E-state index in [1.807, 2.05) is 5.38 Å². The van der Waals surface area contributed by atoms with E-state index in [1.54, 1.807) is 28.5 Å². The van der Waals surface area contributed by atoms with Crippen molar-refractivity contribution in [3.63, 3.8) is 0 Å². The predicted octanol–water partition coefficient (Wildman–Crippen LogP) is 1.90. The van der Waals surface area contributed by atoms with Crippen LogP contribution >= 0.6 is 22.9 Å². The number of rotatable bonds is 1. The maximum Gasteiger partial charge on any atom is 0.276 e. The Kier molecular flexibility index (Phi) is 1.90. The second kappa shape index (κ2) is 3.25. The summed E-state index contributed by atoms with van der Waals surface area (Å²) in [6.45, 7) is 0. The van der Waals surface area contributed by atoms with Gasteiger partial charge in [0.2, 0.25) is 5.13 Å². The van der Waals surface area contributed by atoms with Gasteiger partial charge in [-0.1, -0.05) is 0 Å². The van der Waals surface area contributed by atoms with Crippen LogP contribution in [0.1, 0.15) is 0 Å². The summed E-state index contributed by atoms with van der Waals surface area (Å²) in [4.78, 5) is 20.9. The number of nitrogens with zero attached hydrogens (tertiary/aromatic N) is 3. The molecule has 0 aliphatic rings. The molecule has 0 unspecified atom stereocenters. The van der Waals surface area contributed by atoms with Crippen LogP contribution in [0.25, 0.3) is 15.3 Å². The first-order valence-electron chi connectivity index (χ1n) is 4.23. The number of fused-ring (bicyclic) bond motifs is 1. The molecule has 0 saturated carbocycles. The van der Waals surface area contributed by atoms with Crippen LogP contribution in [0.15, 0.2) is 34.7 Å². The molecule has 3 heterocycles. The second-order valence-electron chi connectivity index (χ2n) is 2.86. The Morgan fingerprint density at radius 3 is 2.93 bits per heavy atom. The molecule has 0 spiro atoms. The molecule has 3 aromatic rings. The van der Waals surface area contributed by atoms with Gasteiger partial charge in [-0.3, -0.25) is 4.79 Å². The fourth-order valence-electron chi connectivity index (χ4n) is 1.31. The van der Waals surface area contributed by atoms with Crippen molar-refractivity contribution in [2.24, 2.45) is 0 Å².